The van der Waals surface area contributed by atoms with Gasteiger partial charge < -0.3 is 18.9 Å². The fraction of sp³-hybridized carbons (Fsp3) is 0.611. The van der Waals surface area contributed by atoms with E-state index in [0.29, 0.717) is 24.7 Å². The first-order valence-electron chi connectivity index (χ1n) is 9.26. The Hall–Kier alpha value is -0.830. The zero-order valence-corrected chi connectivity index (χ0v) is 19.1. The first kappa shape index (κ1) is 21.9. The van der Waals surface area contributed by atoms with Crippen LogP contribution in [0.3, 0.4) is 0 Å². The maximum atomic E-state index is 12.1. The summed E-state index contributed by atoms with van der Waals surface area (Å²) in [6, 6.07) is 5.67. The van der Waals surface area contributed by atoms with Crippen molar-refractivity contribution in [3.8, 4) is 5.75 Å². The lowest BCUT2D eigenvalue weighted by Crippen LogP contribution is -2.33. The highest BCUT2D eigenvalue weighted by Crippen LogP contribution is 2.59. The summed E-state index contributed by atoms with van der Waals surface area (Å²) in [5.41, 5.74) is 1.22. The van der Waals surface area contributed by atoms with Gasteiger partial charge in [0, 0.05) is 18.0 Å². The molecular formula is C18H27N2O5PS2. The summed E-state index contributed by atoms with van der Waals surface area (Å²) >= 11 is 7.01. The normalized spacial score (nSPS) is 20.1. The van der Waals surface area contributed by atoms with Crippen LogP contribution in [0.4, 0.5) is 10.5 Å². The topological polar surface area (TPSA) is 71.5 Å². The number of ether oxygens (including phenoxy) is 1. The lowest BCUT2D eigenvalue weighted by Gasteiger charge is -2.38. The zero-order valence-electron chi connectivity index (χ0n) is 16.6. The molecule has 28 heavy (non-hydrogen) atoms. The molecule has 0 bridgehead atoms. The molecule has 0 radical (unpaired) electrons. The third-order valence-corrected chi connectivity index (χ3v) is 9.88. The van der Waals surface area contributed by atoms with Crippen molar-refractivity contribution in [1.29, 1.82) is 0 Å². The largest absolute Gasteiger partial charge is 0.485 e. The fourth-order valence-corrected chi connectivity index (χ4v) is 8.04. The Bertz CT molecular complexity index is 779. The monoisotopic (exact) mass is 446 g/mol. The van der Waals surface area contributed by atoms with Crippen LogP contribution in [0, 0.1) is 0 Å². The molecule has 7 nitrogen and oxygen atoms in total. The van der Waals surface area contributed by atoms with Crippen molar-refractivity contribution >= 4 is 42.2 Å². The van der Waals surface area contributed by atoms with Gasteiger partial charge in [-0.15, -0.1) is 0 Å². The number of anilines is 1. The third kappa shape index (κ3) is 4.66. The number of rotatable bonds is 6. The molecule has 1 aromatic carbocycles. The van der Waals surface area contributed by atoms with Gasteiger partial charge in [0.25, 0.3) is 6.64 Å². The minimum absolute atomic E-state index is 0.0428. The van der Waals surface area contributed by atoms with E-state index in [4.69, 9.17) is 25.6 Å². The first-order chi connectivity index (χ1) is 13.1. The van der Waals surface area contributed by atoms with Crippen molar-refractivity contribution in [1.82, 2.24) is 4.08 Å². The van der Waals surface area contributed by atoms with E-state index in [2.05, 4.69) is 0 Å². The molecular weight excluding hydrogens is 419 g/mol. The van der Waals surface area contributed by atoms with E-state index in [1.807, 2.05) is 43.9 Å². The molecule has 10 heteroatoms. The van der Waals surface area contributed by atoms with Crippen molar-refractivity contribution in [3.63, 3.8) is 0 Å². The molecule has 1 N–H and O–H groups in total. The van der Waals surface area contributed by atoms with E-state index in [1.54, 1.807) is 6.07 Å². The van der Waals surface area contributed by atoms with Gasteiger partial charge >= 0.3 is 6.09 Å². The Balaban J connectivity index is 1.82. The standard InChI is InChI=1S/C18H27N2O5PS2/c1-13(2)20(26(27)23-9-6-10-24-26)28-12-19(17(21)22)15-8-5-7-14-11-18(3,4)25-16(14)15/h5,7-8,13H,6,9-12H2,1-4H3,(H,21,22). The molecule has 1 saturated heterocycles. The predicted octanol–water partition coefficient (Wildman–Crippen LogP) is 4.86. The summed E-state index contributed by atoms with van der Waals surface area (Å²) in [5, 5.41) is 9.87. The minimum atomic E-state index is -2.62. The summed E-state index contributed by atoms with van der Waals surface area (Å²) in [4.78, 5) is 13.4. The van der Waals surface area contributed by atoms with E-state index >= 15 is 0 Å². The SMILES string of the molecule is CC(C)N(SCN(C(=O)O)c1cccc2c1OC(C)(C)C2)P1(=S)OCCCO1. The number of amides is 1. The van der Waals surface area contributed by atoms with Gasteiger partial charge in [-0.2, -0.15) is 4.08 Å². The number of hydrogen-bond acceptors (Lipinski definition) is 6. The number of nitrogens with zero attached hydrogens (tertiary/aromatic N) is 2. The molecule has 0 aromatic heterocycles. The molecule has 2 aliphatic rings. The third-order valence-electron chi connectivity index (χ3n) is 4.39. The van der Waals surface area contributed by atoms with E-state index in [9.17, 15) is 9.90 Å². The number of hydrogen-bond donors (Lipinski definition) is 1. The van der Waals surface area contributed by atoms with Crippen LogP contribution in [0.25, 0.3) is 0 Å². The van der Waals surface area contributed by atoms with E-state index < -0.39 is 12.7 Å². The van der Waals surface area contributed by atoms with Crippen molar-refractivity contribution in [2.45, 2.75) is 52.2 Å². The first-order valence-corrected chi connectivity index (χ1v) is 12.8. The second kappa shape index (κ2) is 8.50. The highest BCUT2D eigenvalue weighted by Gasteiger charge is 2.37. The molecule has 0 unspecified atom stereocenters. The van der Waals surface area contributed by atoms with Gasteiger partial charge in [0.2, 0.25) is 0 Å². The molecule has 2 aliphatic heterocycles. The van der Waals surface area contributed by atoms with Gasteiger partial charge in [-0.25, -0.2) is 4.79 Å². The number of carboxylic acid groups (broad SMARTS) is 1. The number of para-hydroxylation sites is 1. The Kier molecular flexibility index (Phi) is 6.64. The highest BCUT2D eigenvalue weighted by molar-refractivity contribution is 8.15. The molecule has 0 saturated carbocycles. The van der Waals surface area contributed by atoms with Gasteiger partial charge in [-0.1, -0.05) is 12.1 Å². The van der Waals surface area contributed by atoms with Crippen LogP contribution in [-0.4, -0.2) is 46.0 Å². The molecule has 156 valence electrons. The van der Waals surface area contributed by atoms with Gasteiger partial charge in [0.1, 0.15) is 11.4 Å². The molecule has 1 fully saturated rings. The quantitative estimate of drug-likeness (QED) is 0.377. The Morgan fingerprint density at radius 1 is 1.36 bits per heavy atom. The lowest BCUT2D eigenvalue weighted by molar-refractivity contribution is 0.138. The predicted molar refractivity (Wildman–Crippen MR) is 116 cm³/mol. The van der Waals surface area contributed by atoms with Gasteiger partial charge in [0.15, 0.2) is 0 Å². The molecule has 0 aliphatic carbocycles. The Labute approximate surface area is 175 Å². The number of fused-ring (bicyclic) bond motifs is 1. The van der Waals surface area contributed by atoms with Gasteiger partial charge in [-0.3, -0.25) is 4.90 Å². The molecule has 1 amide bonds. The van der Waals surface area contributed by atoms with E-state index in [1.165, 1.54) is 16.8 Å². The van der Waals surface area contributed by atoms with E-state index in [-0.39, 0.29) is 17.5 Å². The number of carbonyl (C=O) groups is 1. The average molecular weight is 447 g/mol. The van der Waals surface area contributed by atoms with Crippen molar-refractivity contribution < 1.29 is 23.7 Å². The number of benzene rings is 1. The molecule has 3 rings (SSSR count). The Morgan fingerprint density at radius 2 is 2.04 bits per heavy atom. The van der Waals surface area contributed by atoms with Crippen molar-refractivity contribution in [2.24, 2.45) is 0 Å². The van der Waals surface area contributed by atoms with Gasteiger partial charge in [0.05, 0.1) is 24.8 Å². The van der Waals surface area contributed by atoms with Crippen molar-refractivity contribution in [2.75, 3.05) is 24.0 Å². The van der Waals surface area contributed by atoms with Crippen LogP contribution in [-0.2, 0) is 27.3 Å². The fourth-order valence-electron chi connectivity index (χ4n) is 3.23. The smallest absolute Gasteiger partial charge is 0.412 e. The second-order valence-electron chi connectivity index (χ2n) is 7.66. The molecule has 2 heterocycles. The second-order valence-corrected chi connectivity index (χ2v) is 12.1. The highest BCUT2D eigenvalue weighted by atomic mass is 32.5. The van der Waals surface area contributed by atoms with Crippen LogP contribution in [0.15, 0.2) is 18.2 Å². The zero-order chi connectivity index (χ0) is 20.5. The summed E-state index contributed by atoms with van der Waals surface area (Å²) in [7, 11) is 0. The minimum Gasteiger partial charge on any atom is -0.485 e. The summed E-state index contributed by atoms with van der Waals surface area (Å²) in [5.74, 6) is 0.804. The van der Waals surface area contributed by atoms with Crippen LogP contribution < -0.4 is 9.64 Å². The van der Waals surface area contributed by atoms with E-state index in [0.717, 1.165) is 18.4 Å². The summed E-state index contributed by atoms with van der Waals surface area (Å²) in [6.07, 6.45) is 0.525. The Morgan fingerprint density at radius 3 is 2.64 bits per heavy atom. The average Bonchev–Trinajstić information content (AvgIpc) is 2.92. The molecule has 1 aromatic rings. The van der Waals surface area contributed by atoms with Gasteiger partial charge in [-0.05, 0) is 63.9 Å². The maximum Gasteiger partial charge on any atom is 0.412 e. The molecule has 0 spiro atoms. The van der Waals surface area contributed by atoms with Crippen LogP contribution >= 0.6 is 18.6 Å². The van der Waals surface area contributed by atoms with Crippen LogP contribution in [0.5, 0.6) is 5.75 Å². The lowest BCUT2D eigenvalue weighted by atomic mass is 10.0. The maximum absolute atomic E-state index is 12.1. The van der Waals surface area contributed by atoms with Crippen molar-refractivity contribution in [3.05, 3.63) is 23.8 Å². The molecule has 0 atom stereocenters. The van der Waals surface area contributed by atoms with Crippen LogP contribution in [0.1, 0.15) is 39.7 Å². The summed E-state index contributed by atoms with van der Waals surface area (Å²) < 4.78 is 19.6. The summed E-state index contributed by atoms with van der Waals surface area (Å²) in [6.45, 7) is 6.52. The van der Waals surface area contributed by atoms with Crippen LogP contribution in [0.2, 0.25) is 0 Å².